The molecule has 2 amide bonds. The summed E-state index contributed by atoms with van der Waals surface area (Å²) in [5, 5.41) is 12.1. The largest absolute Gasteiger partial charge is 0.481 e. The minimum atomic E-state index is -0.887. The van der Waals surface area contributed by atoms with Gasteiger partial charge in [0.05, 0.1) is 5.92 Å². The number of amides is 2. The van der Waals surface area contributed by atoms with Crippen molar-refractivity contribution in [1.82, 2.24) is 10.2 Å². The van der Waals surface area contributed by atoms with Gasteiger partial charge < -0.3 is 20.1 Å². The minimum Gasteiger partial charge on any atom is -0.481 e. The highest BCUT2D eigenvalue weighted by Gasteiger charge is 2.34. The number of likely N-dealkylation sites (tertiary alicyclic amines) is 1. The monoisotopic (exact) mass is 464 g/mol. The number of carboxylic acid groups (broad SMARTS) is 1. The molecule has 180 valence electrons. The van der Waals surface area contributed by atoms with Gasteiger partial charge in [-0.1, -0.05) is 62.4 Å². The summed E-state index contributed by atoms with van der Waals surface area (Å²) >= 11 is 0. The first kappa shape index (κ1) is 23.8. The maximum Gasteiger partial charge on any atom is 0.407 e. The van der Waals surface area contributed by atoms with Crippen LogP contribution in [0, 0.1) is 11.8 Å². The molecule has 0 aromatic heterocycles. The van der Waals surface area contributed by atoms with E-state index in [-0.39, 0.29) is 30.9 Å². The van der Waals surface area contributed by atoms with Crippen LogP contribution in [-0.2, 0) is 14.3 Å². The molecular weight excluding hydrogens is 432 g/mol. The van der Waals surface area contributed by atoms with Crippen molar-refractivity contribution in [3.05, 3.63) is 59.7 Å². The number of fused-ring (bicyclic) bond motifs is 3. The van der Waals surface area contributed by atoms with Crippen LogP contribution in [0.1, 0.15) is 50.2 Å². The SMILES string of the molecule is CC(C)C[C@@H](NC(=O)OCC1c2ccccc2-c2ccccc21)C(=O)N1CCCC(C(=O)O)C1. The average Bonchev–Trinajstić information content (AvgIpc) is 3.15. The number of hydrogen-bond donors (Lipinski definition) is 2. The van der Waals surface area contributed by atoms with Crippen LogP contribution in [0.25, 0.3) is 11.1 Å². The fraction of sp³-hybridized carbons (Fsp3) is 0.444. The van der Waals surface area contributed by atoms with Crippen LogP contribution in [0.4, 0.5) is 4.79 Å². The Bertz CT molecular complexity index is 1020. The van der Waals surface area contributed by atoms with Gasteiger partial charge in [0.25, 0.3) is 0 Å². The molecule has 2 aromatic carbocycles. The van der Waals surface area contributed by atoms with E-state index in [2.05, 4.69) is 29.6 Å². The molecule has 2 aliphatic rings. The fourth-order valence-electron chi connectivity index (χ4n) is 5.07. The molecule has 34 heavy (non-hydrogen) atoms. The number of aliphatic carboxylic acids is 1. The molecule has 1 unspecified atom stereocenters. The number of carbonyl (C=O) groups excluding carboxylic acids is 2. The second-order valence-electron chi connectivity index (χ2n) is 9.61. The van der Waals surface area contributed by atoms with Gasteiger partial charge in [-0.25, -0.2) is 4.79 Å². The third-order valence-electron chi connectivity index (χ3n) is 6.72. The zero-order valence-corrected chi connectivity index (χ0v) is 19.7. The summed E-state index contributed by atoms with van der Waals surface area (Å²) in [7, 11) is 0. The molecule has 4 rings (SSSR count). The number of carbonyl (C=O) groups is 3. The van der Waals surface area contributed by atoms with Crippen LogP contribution in [0.2, 0.25) is 0 Å². The summed E-state index contributed by atoms with van der Waals surface area (Å²) in [6.45, 7) is 4.82. The van der Waals surface area contributed by atoms with Gasteiger partial charge in [-0.3, -0.25) is 9.59 Å². The predicted octanol–water partition coefficient (Wildman–Crippen LogP) is 4.26. The molecule has 1 aliphatic carbocycles. The van der Waals surface area contributed by atoms with Gasteiger partial charge in [-0.15, -0.1) is 0 Å². The van der Waals surface area contributed by atoms with E-state index in [1.807, 2.05) is 38.1 Å². The van der Waals surface area contributed by atoms with Crippen LogP contribution >= 0.6 is 0 Å². The van der Waals surface area contributed by atoms with Gasteiger partial charge in [0, 0.05) is 19.0 Å². The number of nitrogens with zero attached hydrogens (tertiary/aromatic N) is 1. The molecule has 1 heterocycles. The van der Waals surface area contributed by atoms with E-state index in [9.17, 15) is 19.5 Å². The Balaban J connectivity index is 1.42. The van der Waals surface area contributed by atoms with Crippen LogP contribution < -0.4 is 5.32 Å². The first-order chi connectivity index (χ1) is 16.3. The standard InChI is InChI=1S/C27H32N2O5/c1-17(2)14-24(25(30)29-13-7-8-18(15-29)26(31)32)28-27(33)34-16-23-21-11-5-3-9-19(21)20-10-4-6-12-22(20)23/h3-6,9-12,17-18,23-24H,7-8,13-16H2,1-2H3,(H,28,33)(H,31,32)/t18?,24-/m1/s1. The molecule has 7 nitrogen and oxygen atoms in total. The number of nitrogens with one attached hydrogen (secondary N) is 1. The molecule has 2 atom stereocenters. The summed E-state index contributed by atoms with van der Waals surface area (Å²) in [6, 6.07) is 15.5. The van der Waals surface area contributed by atoms with Crippen molar-refractivity contribution < 1.29 is 24.2 Å². The molecule has 7 heteroatoms. The Hall–Kier alpha value is -3.35. The maximum atomic E-state index is 13.2. The van der Waals surface area contributed by atoms with Crippen molar-refractivity contribution in [3.8, 4) is 11.1 Å². The van der Waals surface area contributed by atoms with E-state index in [4.69, 9.17) is 4.74 Å². The summed E-state index contributed by atoms with van der Waals surface area (Å²) in [5.74, 6) is -1.58. The second-order valence-corrected chi connectivity index (χ2v) is 9.61. The van der Waals surface area contributed by atoms with E-state index in [1.54, 1.807) is 4.90 Å². The zero-order chi connectivity index (χ0) is 24.2. The fourth-order valence-corrected chi connectivity index (χ4v) is 5.07. The molecule has 1 aliphatic heterocycles. The van der Waals surface area contributed by atoms with Crippen molar-refractivity contribution in [2.75, 3.05) is 19.7 Å². The van der Waals surface area contributed by atoms with Crippen LogP contribution in [0.15, 0.2) is 48.5 Å². The summed E-state index contributed by atoms with van der Waals surface area (Å²) < 4.78 is 5.63. The number of carboxylic acids is 1. The Labute approximate surface area is 200 Å². The molecule has 0 bridgehead atoms. The molecule has 2 aromatic rings. The second kappa shape index (κ2) is 10.3. The summed E-state index contributed by atoms with van der Waals surface area (Å²) in [4.78, 5) is 38.9. The number of hydrogen-bond acceptors (Lipinski definition) is 4. The third kappa shape index (κ3) is 5.08. The topological polar surface area (TPSA) is 95.9 Å². The molecule has 0 spiro atoms. The zero-order valence-electron chi connectivity index (χ0n) is 19.7. The van der Waals surface area contributed by atoms with Crippen LogP contribution in [-0.4, -0.2) is 53.7 Å². The van der Waals surface area contributed by atoms with Crippen molar-refractivity contribution in [3.63, 3.8) is 0 Å². The highest BCUT2D eigenvalue weighted by molar-refractivity contribution is 5.86. The van der Waals surface area contributed by atoms with E-state index < -0.39 is 24.0 Å². The quantitative estimate of drug-likeness (QED) is 0.638. The average molecular weight is 465 g/mol. The van der Waals surface area contributed by atoms with E-state index in [1.165, 1.54) is 0 Å². The van der Waals surface area contributed by atoms with E-state index in [0.29, 0.717) is 25.8 Å². The lowest BCUT2D eigenvalue weighted by molar-refractivity contribution is -0.146. The minimum absolute atomic E-state index is 0.0594. The lowest BCUT2D eigenvalue weighted by atomic mass is 9.96. The molecule has 0 radical (unpaired) electrons. The first-order valence-electron chi connectivity index (χ1n) is 12.0. The number of benzene rings is 2. The molecule has 0 saturated carbocycles. The number of alkyl carbamates (subject to hydrolysis) is 1. The van der Waals surface area contributed by atoms with Gasteiger partial charge in [0.1, 0.15) is 12.6 Å². The number of rotatable bonds is 7. The highest BCUT2D eigenvalue weighted by Crippen LogP contribution is 2.44. The molecule has 2 N–H and O–H groups in total. The van der Waals surface area contributed by atoms with E-state index in [0.717, 1.165) is 22.3 Å². The smallest absolute Gasteiger partial charge is 0.407 e. The maximum absolute atomic E-state index is 13.2. The lowest BCUT2D eigenvalue weighted by Gasteiger charge is -2.34. The van der Waals surface area contributed by atoms with E-state index >= 15 is 0 Å². The van der Waals surface area contributed by atoms with Gasteiger partial charge >= 0.3 is 12.1 Å². The van der Waals surface area contributed by atoms with Gasteiger partial charge in [0.15, 0.2) is 0 Å². The Morgan fingerprint density at radius 1 is 1.06 bits per heavy atom. The summed E-state index contributed by atoms with van der Waals surface area (Å²) in [5.41, 5.74) is 4.55. The van der Waals surface area contributed by atoms with Crippen molar-refractivity contribution in [1.29, 1.82) is 0 Å². The summed E-state index contributed by atoms with van der Waals surface area (Å²) in [6.07, 6.45) is 1.03. The van der Waals surface area contributed by atoms with Crippen LogP contribution in [0.3, 0.4) is 0 Å². The highest BCUT2D eigenvalue weighted by atomic mass is 16.5. The van der Waals surface area contributed by atoms with Crippen LogP contribution in [0.5, 0.6) is 0 Å². The van der Waals surface area contributed by atoms with Gasteiger partial charge in [0.2, 0.25) is 5.91 Å². The lowest BCUT2D eigenvalue weighted by Crippen LogP contribution is -2.52. The molecular formula is C27H32N2O5. The number of piperidine rings is 1. The first-order valence-corrected chi connectivity index (χ1v) is 12.0. The molecule has 1 saturated heterocycles. The number of ether oxygens (including phenoxy) is 1. The predicted molar refractivity (Wildman–Crippen MR) is 128 cm³/mol. The normalized spacial score (nSPS) is 18.2. The third-order valence-corrected chi connectivity index (χ3v) is 6.72. The Morgan fingerprint density at radius 2 is 1.68 bits per heavy atom. The van der Waals surface area contributed by atoms with Crippen molar-refractivity contribution in [2.45, 2.75) is 45.1 Å². The van der Waals surface area contributed by atoms with Gasteiger partial charge in [-0.05, 0) is 47.4 Å². The molecule has 1 fully saturated rings. The van der Waals surface area contributed by atoms with Crippen molar-refractivity contribution in [2.24, 2.45) is 11.8 Å². The Kier molecular flexibility index (Phi) is 7.20. The van der Waals surface area contributed by atoms with Crippen molar-refractivity contribution >= 4 is 18.0 Å². The van der Waals surface area contributed by atoms with Gasteiger partial charge in [-0.2, -0.15) is 0 Å². The Morgan fingerprint density at radius 3 is 2.26 bits per heavy atom.